The second kappa shape index (κ2) is 10.8. The SMILES string of the molecule is CC(C)CNC(=O)NC(=O)COC(=O)CNC(=O)c1ccc(Cl)c([N+](=O)[O-])c1. The monoisotopic (exact) mass is 414 g/mol. The predicted molar refractivity (Wildman–Crippen MR) is 97.8 cm³/mol. The summed E-state index contributed by atoms with van der Waals surface area (Å²) in [5.74, 6) is -2.34. The summed E-state index contributed by atoms with van der Waals surface area (Å²) in [6.45, 7) is 2.83. The fourth-order valence-corrected chi connectivity index (χ4v) is 1.94. The number of carbonyl (C=O) groups excluding carboxylic acids is 4. The van der Waals surface area contributed by atoms with E-state index in [9.17, 15) is 29.3 Å². The first-order valence-electron chi connectivity index (χ1n) is 8.05. The van der Waals surface area contributed by atoms with Crippen molar-refractivity contribution < 1.29 is 28.8 Å². The minimum absolute atomic E-state index is 0.0801. The van der Waals surface area contributed by atoms with E-state index in [2.05, 4.69) is 15.4 Å². The van der Waals surface area contributed by atoms with Gasteiger partial charge < -0.3 is 15.4 Å². The van der Waals surface area contributed by atoms with Gasteiger partial charge in [-0.3, -0.25) is 29.8 Å². The standard InChI is InChI=1S/C16H19ClN4O7/c1-9(2)6-19-16(25)20-13(22)8-28-14(23)7-18-15(24)10-3-4-11(17)12(5-10)21(26)27/h3-5,9H,6-8H2,1-2H3,(H,18,24)(H2,19,20,22,25). The Morgan fingerprint density at radius 3 is 2.50 bits per heavy atom. The van der Waals surface area contributed by atoms with Gasteiger partial charge in [-0.25, -0.2) is 4.79 Å². The lowest BCUT2D eigenvalue weighted by Crippen LogP contribution is -2.43. The van der Waals surface area contributed by atoms with Crippen molar-refractivity contribution in [3.05, 3.63) is 38.9 Å². The second-order valence-corrected chi connectivity index (χ2v) is 6.33. The highest BCUT2D eigenvalue weighted by molar-refractivity contribution is 6.32. The van der Waals surface area contributed by atoms with Crippen LogP contribution in [0.25, 0.3) is 0 Å². The topological polar surface area (TPSA) is 157 Å². The van der Waals surface area contributed by atoms with Crippen molar-refractivity contribution in [1.29, 1.82) is 0 Å². The van der Waals surface area contributed by atoms with Crippen LogP contribution < -0.4 is 16.0 Å². The Morgan fingerprint density at radius 2 is 1.89 bits per heavy atom. The first-order valence-corrected chi connectivity index (χ1v) is 8.43. The number of ether oxygens (including phenoxy) is 1. The Balaban J connectivity index is 2.41. The molecule has 1 aromatic rings. The molecule has 11 nitrogen and oxygen atoms in total. The third-order valence-electron chi connectivity index (χ3n) is 3.09. The van der Waals surface area contributed by atoms with Crippen molar-refractivity contribution in [2.45, 2.75) is 13.8 Å². The molecule has 3 N–H and O–H groups in total. The molecule has 0 bridgehead atoms. The largest absolute Gasteiger partial charge is 0.454 e. The first kappa shape index (κ1) is 22.8. The van der Waals surface area contributed by atoms with Crippen LogP contribution in [0.2, 0.25) is 5.02 Å². The van der Waals surface area contributed by atoms with E-state index >= 15 is 0 Å². The number of rotatable bonds is 8. The maximum atomic E-state index is 11.9. The van der Waals surface area contributed by atoms with Gasteiger partial charge in [0.05, 0.1) is 4.92 Å². The van der Waals surface area contributed by atoms with Gasteiger partial charge in [0.15, 0.2) is 6.61 Å². The van der Waals surface area contributed by atoms with Gasteiger partial charge in [-0.05, 0) is 18.1 Å². The number of amides is 4. The van der Waals surface area contributed by atoms with E-state index in [1.807, 2.05) is 19.2 Å². The number of hydrogen-bond donors (Lipinski definition) is 3. The molecule has 0 saturated heterocycles. The molecule has 12 heteroatoms. The lowest BCUT2D eigenvalue weighted by molar-refractivity contribution is -0.384. The fraction of sp³-hybridized carbons (Fsp3) is 0.375. The number of hydrogen-bond acceptors (Lipinski definition) is 7. The molecule has 152 valence electrons. The van der Waals surface area contributed by atoms with E-state index in [1.165, 1.54) is 12.1 Å². The van der Waals surface area contributed by atoms with Crippen molar-refractivity contribution in [3.8, 4) is 0 Å². The smallest absolute Gasteiger partial charge is 0.325 e. The number of urea groups is 1. The average Bonchev–Trinajstić information content (AvgIpc) is 2.62. The molecule has 0 aliphatic carbocycles. The van der Waals surface area contributed by atoms with Gasteiger partial charge in [0.25, 0.3) is 17.5 Å². The Bertz CT molecular complexity index is 782. The number of esters is 1. The van der Waals surface area contributed by atoms with E-state index < -0.39 is 47.6 Å². The maximum Gasteiger partial charge on any atom is 0.325 e. The van der Waals surface area contributed by atoms with E-state index in [4.69, 9.17) is 11.6 Å². The van der Waals surface area contributed by atoms with Crippen LogP contribution in [0.5, 0.6) is 0 Å². The zero-order valence-corrected chi connectivity index (χ0v) is 15.9. The van der Waals surface area contributed by atoms with Gasteiger partial charge in [0.1, 0.15) is 11.6 Å². The molecule has 28 heavy (non-hydrogen) atoms. The molecule has 0 heterocycles. The number of nitrogens with one attached hydrogen (secondary N) is 3. The Morgan fingerprint density at radius 1 is 1.21 bits per heavy atom. The molecule has 0 aliphatic rings. The van der Waals surface area contributed by atoms with Crippen molar-refractivity contribution in [1.82, 2.24) is 16.0 Å². The number of nitrogens with zero attached hydrogens (tertiary/aromatic N) is 1. The van der Waals surface area contributed by atoms with Gasteiger partial charge in [0.2, 0.25) is 0 Å². The third-order valence-corrected chi connectivity index (χ3v) is 3.41. The number of imide groups is 1. The molecule has 0 spiro atoms. The molecule has 4 amide bonds. The van der Waals surface area contributed by atoms with Crippen molar-refractivity contribution in [3.63, 3.8) is 0 Å². The van der Waals surface area contributed by atoms with Crippen LogP contribution >= 0.6 is 11.6 Å². The van der Waals surface area contributed by atoms with Crippen LogP contribution in [0.15, 0.2) is 18.2 Å². The molecule has 0 unspecified atom stereocenters. The summed E-state index contributed by atoms with van der Waals surface area (Å²) in [6, 6.07) is 2.68. The minimum Gasteiger partial charge on any atom is -0.454 e. The Kier molecular flexibility index (Phi) is 8.82. The lowest BCUT2D eigenvalue weighted by atomic mass is 10.2. The third kappa shape index (κ3) is 7.99. The second-order valence-electron chi connectivity index (χ2n) is 5.92. The molecule has 0 aromatic heterocycles. The van der Waals surface area contributed by atoms with Gasteiger partial charge in [-0.1, -0.05) is 25.4 Å². The van der Waals surface area contributed by atoms with Crippen LogP contribution in [0.4, 0.5) is 10.5 Å². The van der Waals surface area contributed by atoms with Gasteiger partial charge in [-0.15, -0.1) is 0 Å². The summed E-state index contributed by atoms with van der Waals surface area (Å²) in [7, 11) is 0. The molecule has 1 aromatic carbocycles. The van der Waals surface area contributed by atoms with E-state index in [0.29, 0.717) is 6.54 Å². The number of carbonyl (C=O) groups is 4. The van der Waals surface area contributed by atoms with Gasteiger partial charge >= 0.3 is 12.0 Å². The average molecular weight is 415 g/mol. The van der Waals surface area contributed by atoms with Crippen LogP contribution in [-0.2, 0) is 14.3 Å². The van der Waals surface area contributed by atoms with E-state index in [0.717, 1.165) is 6.07 Å². The van der Waals surface area contributed by atoms with Crippen LogP contribution in [-0.4, -0.2) is 48.4 Å². The summed E-state index contributed by atoms with van der Waals surface area (Å²) in [5, 5.41) is 17.3. The molecular formula is C16H19ClN4O7. The Labute approximate surface area is 164 Å². The van der Waals surface area contributed by atoms with E-state index in [-0.39, 0.29) is 16.5 Å². The van der Waals surface area contributed by atoms with Crippen molar-refractivity contribution in [2.24, 2.45) is 5.92 Å². The van der Waals surface area contributed by atoms with Crippen molar-refractivity contribution in [2.75, 3.05) is 19.7 Å². The number of nitro benzene ring substituents is 1. The normalized spacial score (nSPS) is 10.1. The van der Waals surface area contributed by atoms with E-state index in [1.54, 1.807) is 0 Å². The number of nitro groups is 1. The predicted octanol–water partition coefficient (Wildman–Crippen LogP) is 1.00. The first-order chi connectivity index (χ1) is 13.1. The van der Waals surface area contributed by atoms with Gasteiger partial charge in [0, 0.05) is 18.2 Å². The molecule has 0 radical (unpaired) electrons. The summed E-state index contributed by atoms with van der Waals surface area (Å²) in [6.07, 6.45) is 0. The maximum absolute atomic E-state index is 11.9. The zero-order chi connectivity index (χ0) is 21.3. The molecule has 1 rings (SSSR count). The number of halogens is 1. The lowest BCUT2D eigenvalue weighted by Gasteiger charge is -2.09. The quantitative estimate of drug-likeness (QED) is 0.325. The van der Waals surface area contributed by atoms with Crippen LogP contribution in [0.1, 0.15) is 24.2 Å². The summed E-state index contributed by atoms with van der Waals surface area (Å²) >= 11 is 5.65. The summed E-state index contributed by atoms with van der Waals surface area (Å²) < 4.78 is 4.62. The molecule has 0 fully saturated rings. The summed E-state index contributed by atoms with van der Waals surface area (Å²) in [4.78, 5) is 56.4. The fourth-order valence-electron chi connectivity index (χ4n) is 1.75. The highest BCUT2D eigenvalue weighted by Crippen LogP contribution is 2.24. The Hall–Kier alpha value is -3.21. The minimum atomic E-state index is -0.936. The molecule has 0 saturated carbocycles. The van der Waals surface area contributed by atoms with Crippen molar-refractivity contribution >= 4 is 41.1 Å². The molecule has 0 atom stereocenters. The summed E-state index contributed by atoms with van der Waals surface area (Å²) in [5.41, 5.74) is -0.534. The highest BCUT2D eigenvalue weighted by atomic mass is 35.5. The molecular weight excluding hydrogens is 396 g/mol. The zero-order valence-electron chi connectivity index (χ0n) is 15.1. The highest BCUT2D eigenvalue weighted by Gasteiger charge is 2.17. The van der Waals surface area contributed by atoms with Crippen LogP contribution in [0.3, 0.4) is 0 Å². The van der Waals surface area contributed by atoms with Gasteiger partial charge in [-0.2, -0.15) is 0 Å². The number of benzene rings is 1. The van der Waals surface area contributed by atoms with Crippen LogP contribution in [0, 0.1) is 16.0 Å². The molecule has 0 aliphatic heterocycles.